The van der Waals surface area contributed by atoms with Gasteiger partial charge in [0.05, 0.1) is 11.3 Å². The van der Waals surface area contributed by atoms with Crippen LogP contribution in [-0.4, -0.2) is 11.6 Å². The van der Waals surface area contributed by atoms with Gasteiger partial charge in [-0.3, -0.25) is 9.59 Å². The number of nitrogens with zero attached hydrogens (tertiary/aromatic N) is 1. The molecule has 0 atom stereocenters. The Morgan fingerprint density at radius 2 is 1.13 bits per heavy atom. The highest BCUT2D eigenvalue weighted by Gasteiger charge is 2.49. The Kier molecular flexibility index (Phi) is 5.73. The molecule has 1 aliphatic heterocycles. The minimum absolute atomic E-state index is 0.187. The predicted molar refractivity (Wildman–Crippen MR) is 184 cm³/mol. The number of benzene rings is 6. The van der Waals surface area contributed by atoms with E-state index in [-0.39, 0.29) is 22.6 Å². The van der Waals surface area contributed by atoms with E-state index in [1.54, 1.807) is 0 Å². The van der Waals surface area contributed by atoms with E-state index in [9.17, 15) is 9.59 Å². The van der Waals surface area contributed by atoms with Crippen LogP contribution < -0.4 is 4.90 Å². The van der Waals surface area contributed by atoms with Crippen LogP contribution in [0.25, 0.3) is 32.3 Å². The van der Waals surface area contributed by atoms with Crippen molar-refractivity contribution in [1.82, 2.24) is 0 Å². The number of fused-ring (bicyclic) bond motifs is 7. The number of anilines is 2. The van der Waals surface area contributed by atoms with Crippen molar-refractivity contribution in [2.75, 3.05) is 4.90 Å². The van der Waals surface area contributed by atoms with Crippen molar-refractivity contribution in [3.05, 3.63) is 155 Å². The van der Waals surface area contributed by atoms with E-state index in [0.29, 0.717) is 11.1 Å². The summed E-state index contributed by atoms with van der Waals surface area (Å²) in [7, 11) is 0. The molecule has 45 heavy (non-hydrogen) atoms. The maximum absolute atomic E-state index is 13.8. The first-order valence-electron chi connectivity index (χ1n) is 16.0. The number of hydrogen-bond donors (Lipinski definition) is 0. The van der Waals surface area contributed by atoms with Gasteiger partial charge in [0.25, 0.3) is 0 Å². The zero-order chi connectivity index (χ0) is 30.1. The molecule has 6 aromatic rings. The zero-order valence-corrected chi connectivity index (χ0v) is 24.9. The van der Waals surface area contributed by atoms with Crippen LogP contribution in [0.2, 0.25) is 0 Å². The Labute approximate surface area is 262 Å². The molecule has 1 saturated carbocycles. The van der Waals surface area contributed by atoms with Gasteiger partial charge in [-0.2, -0.15) is 0 Å². The highest BCUT2D eigenvalue weighted by molar-refractivity contribution is 6.40. The molecule has 0 radical (unpaired) electrons. The van der Waals surface area contributed by atoms with Crippen molar-refractivity contribution < 1.29 is 9.59 Å². The first-order chi connectivity index (χ1) is 22.1. The first kappa shape index (κ1) is 26.2. The van der Waals surface area contributed by atoms with Gasteiger partial charge >= 0.3 is 0 Å². The summed E-state index contributed by atoms with van der Waals surface area (Å²) in [5.41, 5.74) is 5.84. The summed E-state index contributed by atoms with van der Waals surface area (Å²) in [6.45, 7) is 0. The van der Waals surface area contributed by atoms with Crippen LogP contribution in [0, 0.1) is 0 Å². The van der Waals surface area contributed by atoms with Gasteiger partial charge in [0.1, 0.15) is 0 Å². The monoisotopic (exact) mass is 581 g/mol. The van der Waals surface area contributed by atoms with Crippen molar-refractivity contribution in [3.63, 3.8) is 0 Å². The molecule has 0 N–H and O–H groups in total. The number of hydrogen-bond acceptors (Lipinski definition) is 3. The molecule has 0 saturated heterocycles. The van der Waals surface area contributed by atoms with Crippen LogP contribution in [0.4, 0.5) is 11.4 Å². The predicted octanol–water partition coefficient (Wildman–Crippen LogP) is 10.4. The average Bonchev–Trinajstić information content (AvgIpc) is 3.48. The second-order valence-corrected chi connectivity index (χ2v) is 12.7. The molecule has 0 unspecified atom stereocenters. The van der Waals surface area contributed by atoms with Crippen LogP contribution in [0.1, 0.15) is 58.4 Å². The standard InChI is InChI=1S/C42H31NO2/c44-40-34(41(45)36-26-31-14-5-4-13-30(31)25-35(36)40)19-21-38-42(22-8-1-9-23-42)39-33-15-7-6-11-28(33)17-20-37(39)43(38)32-18-16-27-10-2-3-12-29(27)24-32/h2-7,10-21,24-26H,1,8-9,22-23H2/b38-21-. The maximum atomic E-state index is 13.8. The molecule has 1 heterocycles. The molecular weight excluding hydrogens is 550 g/mol. The Morgan fingerprint density at radius 3 is 1.82 bits per heavy atom. The molecule has 1 fully saturated rings. The Balaban J connectivity index is 1.28. The number of ketones is 2. The fourth-order valence-electron chi connectivity index (χ4n) is 8.23. The molecule has 0 bridgehead atoms. The molecule has 3 aliphatic rings. The van der Waals surface area contributed by atoms with Gasteiger partial charge in [-0.25, -0.2) is 0 Å². The van der Waals surface area contributed by atoms with E-state index in [1.807, 2.05) is 42.5 Å². The van der Waals surface area contributed by atoms with Gasteiger partial charge in [-0.1, -0.05) is 104 Å². The van der Waals surface area contributed by atoms with E-state index in [0.717, 1.165) is 47.8 Å². The van der Waals surface area contributed by atoms with Crippen molar-refractivity contribution >= 4 is 55.3 Å². The molecule has 0 aromatic heterocycles. The van der Waals surface area contributed by atoms with E-state index >= 15 is 0 Å². The Morgan fingerprint density at radius 1 is 0.556 bits per heavy atom. The third-order valence-electron chi connectivity index (χ3n) is 10.3. The summed E-state index contributed by atoms with van der Waals surface area (Å²) in [5, 5.41) is 6.85. The molecule has 0 amide bonds. The van der Waals surface area contributed by atoms with Crippen molar-refractivity contribution in [3.8, 4) is 0 Å². The van der Waals surface area contributed by atoms with Gasteiger partial charge < -0.3 is 4.90 Å². The van der Waals surface area contributed by atoms with Crippen LogP contribution in [-0.2, 0) is 5.41 Å². The third kappa shape index (κ3) is 3.83. The summed E-state index contributed by atoms with van der Waals surface area (Å²) in [4.78, 5) is 30.0. The molecule has 1 spiro atoms. The van der Waals surface area contributed by atoms with Gasteiger partial charge in [-0.15, -0.1) is 0 Å². The van der Waals surface area contributed by atoms with Crippen LogP contribution in [0.15, 0.2) is 139 Å². The summed E-state index contributed by atoms with van der Waals surface area (Å²) in [6, 6.07) is 40.0. The van der Waals surface area contributed by atoms with E-state index in [2.05, 4.69) is 89.8 Å². The number of carbonyl (C=O) groups is 2. The molecule has 3 heteroatoms. The average molecular weight is 582 g/mol. The lowest BCUT2D eigenvalue weighted by molar-refractivity contribution is 0.0988. The summed E-state index contributed by atoms with van der Waals surface area (Å²) < 4.78 is 0. The Bertz CT molecular complexity index is 2240. The third-order valence-corrected chi connectivity index (χ3v) is 10.3. The number of allylic oxidation sites excluding steroid dienone is 4. The first-order valence-corrected chi connectivity index (χ1v) is 16.0. The topological polar surface area (TPSA) is 37.4 Å². The largest absolute Gasteiger partial charge is 0.313 e. The smallest absolute Gasteiger partial charge is 0.197 e. The quantitative estimate of drug-likeness (QED) is 0.151. The molecule has 2 aliphatic carbocycles. The van der Waals surface area contributed by atoms with Crippen molar-refractivity contribution in [2.45, 2.75) is 37.5 Å². The van der Waals surface area contributed by atoms with E-state index in [1.165, 1.54) is 39.2 Å². The summed E-state index contributed by atoms with van der Waals surface area (Å²) in [5.74, 6) is -0.373. The normalized spacial score (nSPS) is 18.0. The van der Waals surface area contributed by atoms with Gasteiger partial charge in [0, 0.05) is 27.9 Å². The fourth-order valence-corrected chi connectivity index (χ4v) is 8.23. The number of carbonyl (C=O) groups excluding carboxylic acids is 2. The number of rotatable bonds is 2. The minimum atomic E-state index is -0.219. The lowest BCUT2D eigenvalue weighted by Crippen LogP contribution is -2.32. The SMILES string of the molecule is O=C1C(=C/C=C2\N(c3ccc4ccccc4c3)c3ccc4ccccc4c3C23CCCCC3)C(=O)c2cc3ccccc3cc21. The Hall–Kier alpha value is -5.28. The maximum Gasteiger partial charge on any atom is 0.197 e. The second-order valence-electron chi connectivity index (χ2n) is 12.7. The van der Waals surface area contributed by atoms with E-state index in [4.69, 9.17) is 0 Å². The molecule has 9 rings (SSSR count). The minimum Gasteiger partial charge on any atom is -0.313 e. The van der Waals surface area contributed by atoms with Gasteiger partial charge in [0.2, 0.25) is 0 Å². The second kappa shape index (κ2) is 9.87. The summed E-state index contributed by atoms with van der Waals surface area (Å²) >= 11 is 0. The van der Waals surface area contributed by atoms with Gasteiger partial charge in [-0.05, 0) is 93.2 Å². The lowest BCUT2D eigenvalue weighted by Gasteiger charge is -2.37. The van der Waals surface area contributed by atoms with Crippen molar-refractivity contribution in [1.29, 1.82) is 0 Å². The van der Waals surface area contributed by atoms with Crippen LogP contribution in [0.3, 0.4) is 0 Å². The number of Topliss-reactive ketones (excluding diaryl/α,β-unsaturated/α-hetero) is 2. The fraction of sp³-hybridized carbons (Fsp3) is 0.143. The highest BCUT2D eigenvalue weighted by atomic mass is 16.2. The molecule has 6 aromatic carbocycles. The van der Waals surface area contributed by atoms with Crippen LogP contribution in [0.5, 0.6) is 0 Å². The van der Waals surface area contributed by atoms with Crippen molar-refractivity contribution in [2.24, 2.45) is 0 Å². The highest BCUT2D eigenvalue weighted by Crippen LogP contribution is 2.59. The van der Waals surface area contributed by atoms with E-state index < -0.39 is 0 Å². The van der Waals surface area contributed by atoms with Gasteiger partial charge in [0.15, 0.2) is 11.6 Å². The van der Waals surface area contributed by atoms with Crippen LogP contribution >= 0.6 is 0 Å². The molecule has 3 nitrogen and oxygen atoms in total. The molecular formula is C42H31NO2. The zero-order valence-electron chi connectivity index (χ0n) is 24.9. The molecule has 216 valence electrons. The lowest BCUT2D eigenvalue weighted by atomic mass is 9.67. The summed E-state index contributed by atoms with van der Waals surface area (Å²) in [6.07, 6.45) is 9.47.